The van der Waals surface area contributed by atoms with Gasteiger partial charge in [-0.3, -0.25) is 4.79 Å². The Morgan fingerprint density at radius 1 is 1.06 bits per heavy atom. The summed E-state index contributed by atoms with van der Waals surface area (Å²) in [4.78, 5) is 12.6. The van der Waals surface area contributed by atoms with Crippen molar-refractivity contribution < 1.29 is 23.7 Å². The van der Waals surface area contributed by atoms with E-state index in [0.29, 0.717) is 36.1 Å². The van der Waals surface area contributed by atoms with Gasteiger partial charge >= 0.3 is 0 Å². The molecule has 0 aliphatic rings. The number of terminal acetylenes is 2. The smallest absolute Gasteiger partial charge is 0.251 e. The number of hydrogen-bond acceptors (Lipinski definition) is 5. The first kappa shape index (κ1) is 25.1. The maximum Gasteiger partial charge on any atom is 0.251 e. The molecule has 0 aliphatic carbocycles. The maximum atomic E-state index is 12.6. The number of ether oxygens (including phenoxy) is 4. The van der Waals surface area contributed by atoms with E-state index in [0.717, 1.165) is 11.1 Å². The second-order valence-electron chi connectivity index (χ2n) is 6.66. The van der Waals surface area contributed by atoms with Gasteiger partial charge in [-0.1, -0.05) is 41.6 Å². The molecule has 0 aliphatic heterocycles. The van der Waals surface area contributed by atoms with Crippen LogP contribution in [0.15, 0.2) is 42.5 Å². The molecule has 1 amide bonds. The zero-order valence-electron chi connectivity index (χ0n) is 17.9. The van der Waals surface area contributed by atoms with E-state index in [1.165, 1.54) is 0 Å². The molecule has 1 atom stereocenters. The standard InChI is InChI=1S/C25H26ClNO5/c1-4-14-31-22-11-8-19(16-23(22)29-3)12-13-27-25(28)24(32-15-5-2)18-30-17-20-6-9-21(26)10-7-20/h1-2,6-11,16,24H,12-15,17-18H2,3H3,(H,27,28)/t24-/m0/s1. The minimum Gasteiger partial charge on any atom is -0.493 e. The summed E-state index contributed by atoms with van der Waals surface area (Å²) in [6.45, 7) is 0.975. The minimum atomic E-state index is -0.813. The summed E-state index contributed by atoms with van der Waals surface area (Å²) in [6.07, 6.45) is 10.3. The highest BCUT2D eigenvalue weighted by molar-refractivity contribution is 6.30. The van der Waals surface area contributed by atoms with Crippen molar-refractivity contribution in [2.75, 3.05) is 33.5 Å². The van der Waals surface area contributed by atoms with Gasteiger partial charge in [-0.2, -0.15) is 0 Å². The Morgan fingerprint density at radius 2 is 1.78 bits per heavy atom. The van der Waals surface area contributed by atoms with Gasteiger partial charge in [-0.15, -0.1) is 12.8 Å². The van der Waals surface area contributed by atoms with E-state index in [9.17, 15) is 4.79 Å². The lowest BCUT2D eigenvalue weighted by Crippen LogP contribution is -2.40. The molecule has 0 bridgehead atoms. The molecule has 0 aromatic heterocycles. The average molecular weight is 456 g/mol. The second kappa shape index (κ2) is 14.0. The highest BCUT2D eigenvalue weighted by Crippen LogP contribution is 2.28. The Bertz CT molecular complexity index is 946. The topological polar surface area (TPSA) is 66.0 Å². The Labute approximate surface area is 194 Å². The van der Waals surface area contributed by atoms with Crippen molar-refractivity contribution in [1.82, 2.24) is 5.32 Å². The molecular formula is C25H26ClNO5. The first-order chi connectivity index (χ1) is 15.6. The SMILES string of the molecule is C#CCOc1ccc(CCNC(=O)[C@H](COCc2ccc(Cl)cc2)OCC#C)cc1OC. The summed E-state index contributed by atoms with van der Waals surface area (Å²) in [7, 11) is 1.56. The van der Waals surface area contributed by atoms with Gasteiger partial charge in [-0.05, 0) is 41.8 Å². The summed E-state index contributed by atoms with van der Waals surface area (Å²) in [5, 5.41) is 3.50. The van der Waals surface area contributed by atoms with Crippen LogP contribution in [-0.4, -0.2) is 45.5 Å². The van der Waals surface area contributed by atoms with E-state index in [2.05, 4.69) is 17.2 Å². The highest BCUT2D eigenvalue weighted by Gasteiger charge is 2.19. The molecule has 0 fully saturated rings. The van der Waals surface area contributed by atoms with Crippen molar-refractivity contribution in [2.45, 2.75) is 19.1 Å². The van der Waals surface area contributed by atoms with E-state index in [1.54, 1.807) is 25.3 Å². The molecule has 6 nitrogen and oxygen atoms in total. The predicted octanol–water partition coefficient (Wildman–Crippen LogP) is 3.25. The molecule has 168 valence electrons. The van der Waals surface area contributed by atoms with E-state index in [1.807, 2.05) is 24.3 Å². The van der Waals surface area contributed by atoms with Crippen molar-refractivity contribution in [2.24, 2.45) is 0 Å². The van der Waals surface area contributed by atoms with Crippen LogP contribution in [0, 0.1) is 24.7 Å². The fourth-order valence-corrected chi connectivity index (χ4v) is 2.89. The molecule has 2 aromatic rings. The summed E-state index contributed by atoms with van der Waals surface area (Å²) in [5.74, 6) is 5.64. The fourth-order valence-electron chi connectivity index (χ4n) is 2.76. The largest absolute Gasteiger partial charge is 0.493 e. The number of methoxy groups -OCH3 is 1. The molecule has 0 unspecified atom stereocenters. The first-order valence-corrected chi connectivity index (χ1v) is 10.3. The monoisotopic (exact) mass is 455 g/mol. The predicted molar refractivity (Wildman–Crippen MR) is 124 cm³/mol. The third kappa shape index (κ3) is 8.53. The van der Waals surface area contributed by atoms with Crippen LogP contribution in [0.1, 0.15) is 11.1 Å². The molecule has 0 radical (unpaired) electrons. The molecule has 0 saturated carbocycles. The van der Waals surface area contributed by atoms with Gasteiger partial charge in [0.05, 0.1) is 20.3 Å². The zero-order chi connectivity index (χ0) is 23.2. The molecule has 7 heteroatoms. The number of hydrogen-bond donors (Lipinski definition) is 1. The summed E-state index contributed by atoms with van der Waals surface area (Å²) < 4.78 is 21.9. The van der Waals surface area contributed by atoms with Gasteiger partial charge in [0, 0.05) is 11.6 Å². The van der Waals surface area contributed by atoms with Gasteiger partial charge < -0.3 is 24.3 Å². The molecular weight excluding hydrogens is 430 g/mol. The fraction of sp³-hybridized carbons (Fsp3) is 0.320. The Morgan fingerprint density at radius 3 is 2.47 bits per heavy atom. The third-order valence-electron chi connectivity index (χ3n) is 4.36. The molecule has 32 heavy (non-hydrogen) atoms. The number of benzene rings is 2. The van der Waals surface area contributed by atoms with Gasteiger partial charge in [0.2, 0.25) is 0 Å². The van der Waals surface area contributed by atoms with Crippen molar-refractivity contribution in [3.8, 4) is 36.2 Å². The number of halogens is 1. The number of amides is 1. The lowest BCUT2D eigenvalue weighted by molar-refractivity contribution is -0.136. The van der Waals surface area contributed by atoms with E-state index in [-0.39, 0.29) is 25.7 Å². The molecule has 2 rings (SSSR count). The van der Waals surface area contributed by atoms with Crippen molar-refractivity contribution in [3.63, 3.8) is 0 Å². The summed E-state index contributed by atoms with van der Waals surface area (Å²) >= 11 is 5.88. The van der Waals surface area contributed by atoms with Gasteiger partial charge in [0.15, 0.2) is 17.6 Å². The number of rotatable bonds is 13. The maximum absolute atomic E-state index is 12.6. The Balaban J connectivity index is 1.84. The van der Waals surface area contributed by atoms with Crippen LogP contribution < -0.4 is 14.8 Å². The summed E-state index contributed by atoms with van der Waals surface area (Å²) in [6, 6.07) is 12.8. The Kier molecular flexibility index (Phi) is 11.0. The molecule has 1 N–H and O–H groups in total. The quantitative estimate of drug-likeness (QED) is 0.470. The van der Waals surface area contributed by atoms with Crippen LogP contribution in [0.3, 0.4) is 0 Å². The van der Waals surface area contributed by atoms with Crippen LogP contribution in [0.25, 0.3) is 0 Å². The van der Waals surface area contributed by atoms with Crippen LogP contribution in [-0.2, 0) is 27.3 Å². The number of carbonyl (C=O) groups is 1. The minimum absolute atomic E-state index is 0.0126. The normalized spacial score (nSPS) is 11.1. The first-order valence-electron chi connectivity index (χ1n) is 9.95. The lowest BCUT2D eigenvalue weighted by atomic mass is 10.1. The Hall–Kier alpha value is -3.16. The summed E-state index contributed by atoms with van der Waals surface area (Å²) in [5.41, 5.74) is 1.91. The van der Waals surface area contributed by atoms with E-state index >= 15 is 0 Å². The van der Waals surface area contributed by atoms with Crippen LogP contribution in [0.4, 0.5) is 0 Å². The average Bonchev–Trinajstić information content (AvgIpc) is 2.81. The third-order valence-corrected chi connectivity index (χ3v) is 4.62. The molecule has 2 aromatic carbocycles. The number of nitrogens with one attached hydrogen (secondary N) is 1. The van der Waals surface area contributed by atoms with Crippen LogP contribution >= 0.6 is 11.6 Å². The van der Waals surface area contributed by atoms with Crippen molar-refractivity contribution >= 4 is 17.5 Å². The van der Waals surface area contributed by atoms with Crippen molar-refractivity contribution in [3.05, 3.63) is 58.6 Å². The van der Waals surface area contributed by atoms with Crippen LogP contribution in [0.5, 0.6) is 11.5 Å². The molecule has 0 saturated heterocycles. The number of carbonyl (C=O) groups excluding carboxylic acids is 1. The van der Waals surface area contributed by atoms with E-state index in [4.69, 9.17) is 43.4 Å². The zero-order valence-corrected chi connectivity index (χ0v) is 18.7. The van der Waals surface area contributed by atoms with Gasteiger partial charge in [-0.25, -0.2) is 0 Å². The second-order valence-corrected chi connectivity index (χ2v) is 7.10. The highest BCUT2D eigenvalue weighted by atomic mass is 35.5. The molecule has 0 heterocycles. The van der Waals surface area contributed by atoms with E-state index < -0.39 is 6.10 Å². The van der Waals surface area contributed by atoms with Gasteiger partial charge in [0.1, 0.15) is 13.2 Å². The molecule has 0 spiro atoms. The van der Waals surface area contributed by atoms with Crippen molar-refractivity contribution in [1.29, 1.82) is 0 Å². The van der Waals surface area contributed by atoms with Gasteiger partial charge in [0.25, 0.3) is 5.91 Å². The van der Waals surface area contributed by atoms with Crippen LogP contribution in [0.2, 0.25) is 5.02 Å². The lowest BCUT2D eigenvalue weighted by Gasteiger charge is -2.17.